The van der Waals surface area contributed by atoms with Crippen molar-refractivity contribution in [2.75, 3.05) is 5.32 Å². The normalized spacial score (nSPS) is 10.2. The molecule has 1 amide bonds. The van der Waals surface area contributed by atoms with Crippen LogP contribution in [0.4, 0.5) is 5.69 Å². The Balaban J connectivity index is 3.09. The van der Waals surface area contributed by atoms with Crippen molar-refractivity contribution in [2.45, 2.75) is 4.90 Å². The molecule has 0 saturated carbocycles. The van der Waals surface area contributed by atoms with E-state index in [1.165, 1.54) is 24.3 Å². The lowest BCUT2D eigenvalue weighted by atomic mass is 9.85. The number of anilines is 1. The summed E-state index contributed by atoms with van der Waals surface area (Å²) in [7, 11) is 0. The van der Waals surface area contributed by atoms with Gasteiger partial charge in [0, 0.05) is 4.90 Å². The average Bonchev–Trinajstić information content (AvgIpc) is 2.66. The highest BCUT2D eigenvalue weighted by molar-refractivity contribution is 7.80. The van der Waals surface area contributed by atoms with E-state index in [0.29, 0.717) is 0 Å². The van der Waals surface area contributed by atoms with Crippen molar-refractivity contribution < 1.29 is 54.3 Å². The molecule has 160 valence electrons. The Morgan fingerprint density at radius 2 is 0.903 bits per heavy atom. The maximum atomic E-state index is 12.8. The fourth-order valence-electron chi connectivity index (χ4n) is 2.81. The standard InChI is InChI=1S/C18H11NO11S/c20-13(19-5-3-1-2-4-6(5)31)7-8(14(21)22)10(16(25)26)12(18(29)30)11(17(27)28)9(7)15(23)24/h1-4,31H,(H,19,20)(H,21,22)(H,23,24)(H,25,26)(H,27,28)(H,29,30). The van der Waals surface area contributed by atoms with Crippen LogP contribution in [-0.4, -0.2) is 61.3 Å². The summed E-state index contributed by atoms with van der Waals surface area (Å²) < 4.78 is 0. The van der Waals surface area contributed by atoms with Gasteiger partial charge in [-0.05, 0) is 12.1 Å². The van der Waals surface area contributed by atoms with E-state index in [-0.39, 0.29) is 10.6 Å². The molecule has 0 aliphatic heterocycles. The molecule has 0 radical (unpaired) electrons. The molecular formula is C18H11NO11S. The number of para-hydroxylation sites is 1. The molecule has 12 nitrogen and oxygen atoms in total. The van der Waals surface area contributed by atoms with Gasteiger partial charge in [0.05, 0.1) is 39.1 Å². The predicted molar refractivity (Wildman–Crippen MR) is 103 cm³/mol. The molecule has 2 aromatic carbocycles. The van der Waals surface area contributed by atoms with Gasteiger partial charge in [0.1, 0.15) is 0 Å². The molecule has 0 aliphatic rings. The Kier molecular flexibility index (Phi) is 6.31. The predicted octanol–water partition coefficient (Wildman–Crippen LogP) is 1.72. The number of rotatable bonds is 7. The largest absolute Gasteiger partial charge is 0.478 e. The van der Waals surface area contributed by atoms with Crippen molar-refractivity contribution in [2.24, 2.45) is 0 Å². The van der Waals surface area contributed by atoms with E-state index in [4.69, 9.17) is 0 Å². The number of carboxylic acids is 5. The van der Waals surface area contributed by atoms with Crippen LogP contribution in [-0.2, 0) is 0 Å². The molecule has 0 fully saturated rings. The maximum Gasteiger partial charge on any atom is 0.337 e. The van der Waals surface area contributed by atoms with E-state index in [2.05, 4.69) is 17.9 Å². The maximum absolute atomic E-state index is 12.8. The van der Waals surface area contributed by atoms with E-state index < -0.39 is 69.1 Å². The Morgan fingerprint density at radius 1 is 0.581 bits per heavy atom. The van der Waals surface area contributed by atoms with E-state index >= 15 is 0 Å². The summed E-state index contributed by atoms with van der Waals surface area (Å²) >= 11 is 4.05. The molecule has 0 saturated heterocycles. The minimum Gasteiger partial charge on any atom is -0.478 e. The van der Waals surface area contributed by atoms with Gasteiger partial charge in [-0.2, -0.15) is 0 Å². The van der Waals surface area contributed by atoms with Crippen molar-refractivity contribution in [3.05, 3.63) is 57.6 Å². The number of thiol groups is 1. The lowest BCUT2D eigenvalue weighted by Crippen LogP contribution is -2.30. The van der Waals surface area contributed by atoms with Crippen LogP contribution in [0.15, 0.2) is 29.2 Å². The molecule has 2 rings (SSSR count). The Hall–Kier alpha value is -4.39. The van der Waals surface area contributed by atoms with Crippen LogP contribution in [0.3, 0.4) is 0 Å². The first kappa shape index (κ1) is 22.9. The van der Waals surface area contributed by atoms with E-state index in [1.807, 2.05) is 0 Å². The number of hydrogen-bond acceptors (Lipinski definition) is 7. The van der Waals surface area contributed by atoms with Gasteiger partial charge in [0.25, 0.3) is 5.91 Å². The summed E-state index contributed by atoms with van der Waals surface area (Å²) in [6.45, 7) is 0. The second kappa shape index (κ2) is 8.54. The number of amides is 1. The molecule has 0 aliphatic carbocycles. The summed E-state index contributed by atoms with van der Waals surface area (Å²) in [5.41, 5.74) is -9.11. The van der Waals surface area contributed by atoms with Gasteiger partial charge in [0.15, 0.2) is 0 Å². The zero-order valence-corrected chi connectivity index (χ0v) is 15.8. The van der Waals surface area contributed by atoms with E-state index in [1.54, 1.807) is 0 Å². The first-order valence-corrected chi connectivity index (χ1v) is 8.34. The number of carboxylic acid groups (broad SMARTS) is 5. The summed E-state index contributed by atoms with van der Waals surface area (Å²) in [6, 6.07) is 5.66. The van der Waals surface area contributed by atoms with Crippen molar-refractivity contribution in [3.63, 3.8) is 0 Å². The van der Waals surface area contributed by atoms with Gasteiger partial charge in [0.2, 0.25) is 0 Å². The first-order chi connectivity index (χ1) is 14.4. The molecule has 0 aromatic heterocycles. The highest BCUT2D eigenvalue weighted by atomic mass is 32.1. The van der Waals surface area contributed by atoms with E-state index in [9.17, 15) is 54.3 Å². The van der Waals surface area contributed by atoms with E-state index in [0.717, 1.165) is 0 Å². The lowest BCUT2D eigenvalue weighted by molar-refractivity contribution is 0.0607. The third kappa shape index (κ3) is 4.16. The number of hydrogen-bond donors (Lipinski definition) is 7. The Labute approximate surface area is 176 Å². The first-order valence-electron chi connectivity index (χ1n) is 7.89. The molecule has 0 atom stereocenters. The van der Waals surface area contributed by atoms with Crippen molar-refractivity contribution >= 4 is 54.1 Å². The highest BCUT2D eigenvalue weighted by Crippen LogP contribution is 2.31. The lowest BCUT2D eigenvalue weighted by Gasteiger charge is -2.18. The van der Waals surface area contributed by atoms with Gasteiger partial charge >= 0.3 is 29.8 Å². The molecule has 6 N–H and O–H groups in total. The smallest absolute Gasteiger partial charge is 0.337 e. The highest BCUT2D eigenvalue weighted by Gasteiger charge is 2.40. The monoisotopic (exact) mass is 449 g/mol. The molecule has 0 heterocycles. The van der Waals surface area contributed by atoms with Crippen LogP contribution in [0.5, 0.6) is 0 Å². The van der Waals surface area contributed by atoms with Crippen LogP contribution in [0.1, 0.15) is 62.1 Å². The summed E-state index contributed by atoms with van der Waals surface area (Å²) in [6.07, 6.45) is 0. The van der Waals surface area contributed by atoms with Gasteiger partial charge < -0.3 is 30.8 Å². The van der Waals surface area contributed by atoms with Crippen molar-refractivity contribution in [1.29, 1.82) is 0 Å². The minimum absolute atomic E-state index is 0.0421. The molecular weight excluding hydrogens is 438 g/mol. The number of benzene rings is 2. The molecule has 0 unspecified atom stereocenters. The second-order valence-electron chi connectivity index (χ2n) is 5.75. The zero-order chi connectivity index (χ0) is 23.6. The van der Waals surface area contributed by atoms with Gasteiger partial charge in [-0.1, -0.05) is 12.1 Å². The zero-order valence-electron chi connectivity index (χ0n) is 14.9. The summed E-state index contributed by atoms with van der Waals surface area (Å²) in [5.74, 6) is -12.4. The fraction of sp³-hybridized carbons (Fsp3) is 0. The molecule has 0 spiro atoms. The van der Waals surface area contributed by atoms with Crippen LogP contribution in [0, 0.1) is 0 Å². The van der Waals surface area contributed by atoms with Gasteiger partial charge in [-0.15, -0.1) is 12.6 Å². The number of carbonyl (C=O) groups excluding carboxylic acids is 1. The number of carbonyl (C=O) groups is 6. The second-order valence-corrected chi connectivity index (χ2v) is 6.23. The summed E-state index contributed by atoms with van der Waals surface area (Å²) in [5, 5.41) is 49.3. The third-order valence-electron chi connectivity index (χ3n) is 3.95. The molecule has 31 heavy (non-hydrogen) atoms. The van der Waals surface area contributed by atoms with Crippen molar-refractivity contribution in [3.8, 4) is 0 Å². The Morgan fingerprint density at radius 3 is 1.23 bits per heavy atom. The molecule has 0 bridgehead atoms. The van der Waals surface area contributed by atoms with Gasteiger partial charge in [-0.3, -0.25) is 4.79 Å². The third-order valence-corrected chi connectivity index (χ3v) is 4.34. The Bertz CT molecular complexity index is 1130. The van der Waals surface area contributed by atoms with Gasteiger partial charge in [-0.25, -0.2) is 24.0 Å². The van der Waals surface area contributed by atoms with Crippen LogP contribution < -0.4 is 5.32 Å². The van der Waals surface area contributed by atoms with Crippen LogP contribution in [0.2, 0.25) is 0 Å². The van der Waals surface area contributed by atoms with Crippen LogP contribution in [0.25, 0.3) is 0 Å². The fourth-order valence-corrected chi connectivity index (χ4v) is 3.03. The quantitative estimate of drug-likeness (QED) is 0.302. The SMILES string of the molecule is O=C(O)c1c(C(=O)O)c(C(=O)O)c(C(=O)Nc2ccccc2S)c(C(=O)O)c1C(=O)O. The average molecular weight is 449 g/mol. The minimum atomic E-state index is -2.22. The van der Waals surface area contributed by atoms with Crippen LogP contribution >= 0.6 is 12.6 Å². The van der Waals surface area contributed by atoms with Crippen molar-refractivity contribution in [1.82, 2.24) is 0 Å². The number of aromatic carboxylic acids is 5. The number of nitrogens with one attached hydrogen (secondary N) is 1. The molecule has 2 aromatic rings. The summed E-state index contributed by atoms with van der Waals surface area (Å²) in [4.78, 5) is 71.6. The molecule has 13 heteroatoms. The topological polar surface area (TPSA) is 216 Å².